The highest BCUT2D eigenvalue weighted by Gasteiger charge is 2.53. The number of fused-ring (bicyclic) bond motifs is 3. The molecule has 11 aliphatic rings. The molecule has 0 radical (unpaired) electrons. The van der Waals surface area contributed by atoms with Crippen LogP contribution in [0, 0.1) is 28.1 Å². The van der Waals surface area contributed by atoms with E-state index in [0.717, 1.165) is 44.0 Å². The number of piperidine rings is 2. The minimum Gasteiger partial charge on any atom is -0.372 e. The van der Waals surface area contributed by atoms with E-state index in [9.17, 15) is 0 Å². The van der Waals surface area contributed by atoms with Crippen LogP contribution in [0.3, 0.4) is 0 Å². The van der Waals surface area contributed by atoms with Gasteiger partial charge in [0.2, 0.25) is 0 Å². The SMILES string of the molecule is CC(C)(C)C1=Cc2cc(C(C)(C)C)ccc2C1.CC(C)(C)N1CC2CN(C(C)(C)C)CC2C1.CC(C)(C)N1CCC2(CC1)CN(C(C)(C)C)C2.CC(C)(C)N1CCC2(CC1)CN(C(C)(C)C)CCO2.CC(C)(C)N1CCN2CCN(C(C)(C)C)CC2C1.CN1CC2(C1)CN(C(C)(C)C)C2. The van der Waals surface area contributed by atoms with Crippen LogP contribution in [0.25, 0.3) is 6.08 Å². The Bertz CT molecular complexity index is 2650. The summed E-state index contributed by atoms with van der Waals surface area (Å²) in [4.78, 5) is 28.8. The molecule has 1 aromatic carbocycles. The first-order chi connectivity index (χ1) is 44.7. The van der Waals surface area contributed by atoms with Gasteiger partial charge in [-0.15, -0.1) is 0 Å². The van der Waals surface area contributed by atoms with E-state index in [1.165, 1.54) is 173 Å². The molecule has 10 saturated heterocycles. The number of benzene rings is 1. The first-order valence-electron chi connectivity index (χ1n) is 40.4. The van der Waals surface area contributed by atoms with E-state index < -0.39 is 0 Å². The molecule has 0 aromatic heterocycles. The Balaban J connectivity index is 0.000000168. The summed E-state index contributed by atoms with van der Waals surface area (Å²) in [6, 6.07) is 7.70. The van der Waals surface area contributed by atoms with Crippen molar-refractivity contribution in [1.29, 1.82) is 0 Å². The number of likely N-dealkylation sites (tertiary alicyclic amines) is 7. The topological polar surface area (TPSA) is 44.9 Å². The molecule has 10 heterocycles. The van der Waals surface area contributed by atoms with E-state index in [2.05, 4.69) is 314 Å². The lowest BCUT2D eigenvalue weighted by Crippen LogP contribution is -2.73. The summed E-state index contributed by atoms with van der Waals surface area (Å²) in [5, 5.41) is 0. The Kier molecular flexibility index (Phi) is 26.2. The van der Waals surface area contributed by atoms with E-state index in [0.29, 0.717) is 60.6 Å². The number of morpholine rings is 1. The molecule has 574 valence electrons. The Hall–Kier alpha value is -1.52. The summed E-state index contributed by atoms with van der Waals surface area (Å²) in [5.41, 5.74) is 10.9. The zero-order valence-electron chi connectivity index (χ0n) is 72.2. The van der Waals surface area contributed by atoms with Crippen LogP contribution in [0.15, 0.2) is 23.8 Å². The van der Waals surface area contributed by atoms with Crippen LogP contribution in [0.1, 0.15) is 271 Å². The van der Waals surface area contributed by atoms with Crippen LogP contribution >= 0.6 is 0 Å². The highest BCUT2D eigenvalue weighted by Crippen LogP contribution is 2.46. The van der Waals surface area contributed by atoms with Crippen molar-refractivity contribution in [3.8, 4) is 0 Å². The zero-order valence-corrected chi connectivity index (χ0v) is 72.2. The Morgan fingerprint density at radius 3 is 1.07 bits per heavy atom. The monoisotopic (exact) mass is 1380 g/mol. The van der Waals surface area contributed by atoms with Crippen molar-refractivity contribution in [1.82, 2.24) is 53.9 Å². The number of hydrogen-bond donors (Lipinski definition) is 0. The first-order valence-corrected chi connectivity index (χ1v) is 40.4. The average molecular weight is 1380 g/mol. The number of nitrogens with zero attached hydrogens (tertiary/aromatic N) is 11. The third-order valence-corrected chi connectivity index (χ3v) is 25.5. The predicted octanol–water partition coefficient (Wildman–Crippen LogP) is 16.1. The van der Waals surface area contributed by atoms with Crippen LogP contribution in [0.4, 0.5) is 0 Å². The summed E-state index contributed by atoms with van der Waals surface area (Å²) in [6.07, 6.45) is 8.68. The number of piperazine rings is 2. The van der Waals surface area contributed by atoms with Crippen LogP contribution in [-0.4, -0.2) is 273 Å². The van der Waals surface area contributed by atoms with Gasteiger partial charge in [-0.1, -0.05) is 71.4 Å². The second-order valence-electron chi connectivity index (χ2n) is 45.0. The number of allylic oxidation sites excluding steroid dienone is 1. The van der Waals surface area contributed by atoms with Crippen LogP contribution in [0.2, 0.25) is 0 Å². The maximum Gasteiger partial charge on any atom is 0.0834 e. The molecule has 0 unspecified atom stereocenters. The van der Waals surface area contributed by atoms with Gasteiger partial charge in [0.15, 0.2) is 0 Å². The second-order valence-corrected chi connectivity index (χ2v) is 45.0. The zero-order chi connectivity index (χ0) is 74.7. The fourth-order valence-electron chi connectivity index (χ4n) is 17.6. The number of ether oxygens (including phenoxy) is 1. The molecule has 1 aromatic rings. The minimum absolute atomic E-state index is 0.118. The van der Waals surface area contributed by atoms with Crippen molar-refractivity contribution in [3.05, 3.63) is 40.5 Å². The normalized spacial score (nSPS) is 26.3. The lowest BCUT2D eigenvalue weighted by molar-refractivity contribution is -0.156. The lowest BCUT2D eigenvalue weighted by atomic mass is 9.70. The smallest absolute Gasteiger partial charge is 0.0834 e. The maximum absolute atomic E-state index is 6.22. The third-order valence-electron chi connectivity index (χ3n) is 25.5. The van der Waals surface area contributed by atoms with Crippen molar-refractivity contribution in [2.24, 2.45) is 28.1 Å². The summed E-state index contributed by atoms with van der Waals surface area (Å²) in [5.74, 6) is 1.83. The second kappa shape index (κ2) is 30.6. The van der Waals surface area contributed by atoms with Crippen LogP contribution < -0.4 is 0 Å². The third kappa shape index (κ3) is 23.0. The van der Waals surface area contributed by atoms with Crippen molar-refractivity contribution in [3.63, 3.8) is 0 Å². The highest BCUT2D eigenvalue weighted by atomic mass is 16.5. The van der Waals surface area contributed by atoms with Gasteiger partial charge < -0.3 is 9.64 Å². The first kappa shape index (κ1) is 84.7. The van der Waals surface area contributed by atoms with Crippen molar-refractivity contribution in [2.75, 3.05) is 158 Å². The van der Waals surface area contributed by atoms with E-state index >= 15 is 0 Å². The van der Waals surface area contributed by atoms with Gasteiger partial charge in [0, 0.05) is 192 Å². The van der Waals surface area contributed by atoms with Gasteiger partial charge in [-0.3, -0.25) is 49.0 Å². The molecule has 10 fully saturated rings. The van der Waals surface area contributed by atoms with Crippen molar-refractivity contribution >= 4 is 6.08 Å². The highest BCUT2D eigenvalue weighted by molar-refractivity contribution is 5.66. The molecule has 0 atom stereocenters. The molecule has 10 aliphatic heterocycles. The van der Waals surface area contributed by atoms with E-state index in [4.69, 9.17) is 4.74 Å². The molecule has 0 saturated carbocycles. The van der Waals surface area contributed by atoms with Gasteiger partial charge in [0.25, 0.3) is 0 Å². The predicted molar refractivity (Wildman–Crippen MR) is 430 cm³/mol. The fraction of sp³-hybridized carbons (Fsp3) is 0.908. The van der Waals surface area contributed by atoms with E-state index in [1.807, 2.05) is 0 Å². The van der Waals surface area contributed by atoms with E-state index in [1.54, 1.807) is 5.57 Å². The van der Waals surface area contributed by atoms with Crippen LogP contribution in [0.5, 0.6) is 0 Å². The summed E-state index contributed by atoms with van der Waals surface area (Å²) < 4.78 is 6.22. The molecule has 99 heavy (non-hydrogen) atoms. The molecule has 0 bridgehead atoms. The summed E-state index contributed by atoms with van der Waals surface area (Å²) >= 11 is 0. The molecule has 0 N–H and O–H groups in total. The van der Waals surface area contributed by atoms with E-state index in [-0.39, 0.29) is 16.6 Å². The van der Waals surface area contributed by atoms with Gasteiger partial charge in [-0.2, -0.15) is 0 Å². The fourth-order valence-corrected chi connectivity index (χ4v) is 17.6. The van der Waals surface area contributed by atoms with Gasteiger partial charge >= 0.3 is 0 Å². The largest absolute Gasteiger partial charge is 0.372 e. The van der Waals surface area contributed by atoms with Gasteiger partial charge in [0.05, 0.1) is 12.2 Å². The maximum atomic E-state index is 6.22. The molecule has 12 nitrogen and oxygen atoms in total. The molecule has 3 spiro atoms. The summed E-state index contributed by atoms with van der Waals surface area (Å²) in [7, 11) is 2.21. The molecule has 1 aliphatic carbocycles. The Morgan fingerprint density at radius 2 is 0.717 bits per heavy atom. The Morgan fingerprint density at radius 1 is 0.343 bits per heavy atom. The Labute approximate surface area is 615 Å². The van der Waals surface area contributed by atoms with Crippen LogP contribution in [-0.2, 0) is 16.6 Å². The van der Waals surface area contributed by atoms with Gasteiger partial charge in [-0.25, -0.2) is 0 Å². The summed E-state index contributed by atoms with van der Waals surface area (Å²) in [6.45, 7) is 105. The standard InChI is InChI=1S/C17H24.C16H32N2O.C15H31N3.C15H30N2.C14H28N2.C10H20N2/c1-16(2,3)14-8-7-12-9-15(17(4,5)6)11-13(12)10-14;1-14(2,3)17-9-7-16(8-10-17)13-18(11-12-19-16)15(4,5)6;1-14(2,3)17-9-7-16-8-10-18(15(4,5)6)12-13(16)11-17;1-13(2,3)16-9-7-15(8-10-16)11-17(12-15)14(4,5)6;1-13(2,3)15-7-11-9-16(14(4,5)6)10-12(11)8-15;1-9(2,3)12-7-10(8-12)5-11(4)6-10/h7-8,10-11H,9H2,1-6H3;7-13H2,1-6H3;13H,7-12H2,1-6H3;7-12H2,1-6H3;11-12H,7-10H2,1-6H3;5-8H2,1-4H3. The van der Waals surface area contributed by atoms with Crippen molar-refractivity contribution in [2.45, 2.75) is 327 Å². The van der Waals surface area contributed by atoms with Gasteiger partial charge in [0.1, 0.15) is 0 Å². The number of rotatable bonds is 0. The number of hydrogen-bond acceptors (Lipinski definition) is 12. The molecule has 0 amide bonds. The molecular formula is C87H165N11O. The minimum atomic E-state index is 0.118. The van der Waals surface area contributed by atoms with Gasteiger partial charge in [-0.05, 0) is 284 Å². The quantitative estimate of drug-likeness (QED) is 0.249. The molecular weight excluding hydrogens is 1220 g/mol. The molecule has 12 rings (SSSR count). The molecule has 12 heteroatoms. The van der Waals surface area contributed by atoms with Crippen molar-refractivity contribution < 1.29 is 4.74 Å². The lowest BCUT2D eigenvalue weighted by Gasteiger charge is -2.63. The average Bonchev–Trinajstić information content (AvgIpc) is 1.57.